The van der Waals surface area contributed by atoms with Crippen LogP contribution in [0.2, 0.25) is 0 Å². The Hall–Kier alpha value is -0.810. The van der Waals surface area contributed by atoms with Crippen LogP contribution in [0, 0.1) is 0 Å². The van der Waals surface area contributed by atoms with Crippen molar-refractivity contribution in [1.82, 2.24) is 15.8 Å². The third kappa shape index (κ3) is 4.97. The quantitative estimate of drug-likeness (QED) is 0.520. The summed E-state index contributed by atoms with van der Waals surface area (Å²) in [6, 6.07) is 0.971. The fraction of sp³-hybridized carbons (Fsp3) is 0.667. The molecular formula is C21H31Cl2N3O. The van der Waals surface area contributed by atoms with Crippen LogP contribution in [0.4, 0.5) is 0 Å². The van der Waals surface area contributed by atoms with Crippen molar-refractivity contribution >= 4 is 28.8 Å². The van der Waals surface area contributed by atoms with Gasteiger partial charge in [-0.15, -0.1) is 0 Å². The summed E-state index contributed by atoms with van der Waals surface area (Å²) >= 11 is 13.0. The van der Waals surface area contributed by atoms with E-state index < -0.39 is 0 Å². The molecule has 3 rings (SSSR count). The first-order valence-electron chi connectivity index (χ1n) is 10.2. The van der Waals surface area contributed by atoms with Crippen molar-refractivity contribution in [3.8, 4) is 0 Å². The summed E-state index contributed by atoms with van der Waals surface area (Å²) in [7, 11) is 2.04. The van der Waals surface area contributed by atoms with Gasteiger partial charge in [0.15, 0.2) is 0 Å². The first kappa shape index (κ1) is 20.9. The third-order valence-corrected chi connectivity index (χ3v) is 6.45. The lowest BCUT2D eigenvalue weighted by Gasteiger charge is -2.23. The molecule has 4 nitrogen and oxygen atoms in total. The molecule has 0 aliphatic heterocycles. The Morgan fingerprint density at radius 3 is 2.56 bits per heavy atom. The van der Waals surface area contributed by atoms with E-state index >= 15 is 0 Å². The van der Waals surface area contributed by atoms with Crippen LogP contribution in [0.15, 0.2) is 20.7 Å². The van der Waals surface area contributed by atoms with Crippen LogP contribution < -0.4 is 10.6 Å². The average molecular weight is 412 g/mol. The molecule has 150 valence electrons. The van der Waals surface area contributed by atoms with E-state index in [0.717, 1.165) is 66.3 Å². The van der Waals surface area contributed by atoms with E-state index in [-0.39, 0.29) is 0 Å². The van der Waals surface area contributed by atoms with Crippen molar-refractivity contribution in [2.75, 3.05) is 7.05 Å². The van der Waals surface area contributed by atoms with Gasteiger partial charge in [0.05, 0.1) is 0 Å². The maximum absolute atomic E-state index is 6.53. The number of aromatic nitrogens is 1. The van der Waals surface area contributed by atoms with Gasteiger partial charge in [-0.25, -0.2) is 0 Å². The summed E-state index contributed by atoms with van der Waals surface area (Å²) in [5.74, 6) is 1.51. The van der Waals surface area contributed by atoms with Crippen LogP contribution in [0.1, 0.15) is 81.7 Å². The summed E-state index contributed by atoms with van der Waals surface area (Å²) in [6.45, 7) is 5.20. The number of nitrogens with zero attached hydrogens (tertiary/aromatic N) is 1. The van der Waals surface area contributed by atoms with Crippen molar-refractivity contribution < 1.29 is 4.52 Å². The molecule has 0 radical (unpaired) electrons. The Labute approximate surface area is 172 Å². The lowest BCUT2D eigenvalue weighted by atomic mass is 9.98. The number of halogens is 2. The van der Waals surface area contributed by atoms with Crippen molar-refractivity contribution in [3.05, 3.63) is 33.2 Å². The Bertz CT molecular complexity index is 702. The van der Waals surface area contributed by atoms with Crippen molar-refractivity contribution in [2.24, 2.45) is 0 Å². The molecule has 2 unspecified atom stereocenters. The zero-order valence-corrected chi connectivity index (χ0v) is 18.1. The summed E-state index contributed by atoms with van der Waals surface area (Å²) < 4.78 is 5.78. The van der Waals surface area contributed by atoms with Gasteiger partial charge in [-0.1, -0.05) is 48.3 Å². The molecule has 0 saturated heterocycles. The Kier molecular flexibility index (Phi) is 7.43. The van der Waals surface area contributed by atoms with Gasteiger partial charge in [-0.05, 0) is 52.0 Å². The van der Waals surface area contributed by atoms with E-state index in [2.05, 4.69) is 29.6 Å². The molecule has 2 aliphatic rings. The smallest absolute Gasteiger partial charge is 0.144 e. The monoisotopic (exact) mass is 411 g/mol. The fourth-order valence-electron chi connectivity index (χ4n) is 3.75. The van der Waals surface area contributed by atoms with Gasteiger partial charge in [0.25, 0.3) is 0 Å². The highest BCUT2D eigenvalue weighted by atomic mass is 35.5. The molecule has 1 aromatic heterocycles. The summed E-state index contributed by atoms with van der Waals surface area (Å²) in [4.78, 5) is 0. The second-order valence-corrected chi connectivity index (χ2v) is 8.50. The normalized spacial score (nSPS) is 20.0. The van der Waals surface area contributed by atoms with E-state index in [1.807, 2.05) is 13.1 Å². The van der Waals surface area contributed by atoms with Crippen LogP contribution in [-0.4, -0.2) is 24.3 Å². The van der Waals surface area contributed by atoms with Crippen molar-refractivity contribution in [3.63, 3.8) is 0 Å². The van der Waals surface area contributed by atoms with Gasteiger partial charge in [0.1, 0.15) is 11.5 Å². The number of rotatable bonds is 10. The molecule has 2 aliphatic carbocycles. The van der Waals surface area contributed by atoms with Crippen molar-refractivity contribution in [2.45, 2.75) is 83.3 Å². The van der Waals surface area contributed by atoms with Crippen molar-refractivity contribution in [1.29, 1.82) is 0 Å². The van der Waals surface area contributed by atoms with E-state index in [1.165, 1.54) is 12.8 Å². The molecule has 0 bridgehead atoms. The average Bonchev–Trinajstić information content (AvgIpc) is 3.43. The maximum Gasteiger partial charge on any atom is 0.144 e. The molecule has 1 aromatic rings. The first-order valence-corrected chi connectivity index (χ1v) is 11.0. The second-order valence-electron chi connectivity index (χ2n) is 7.63. The van der Waals surface area contributed by atoms with E-state index in [9.17, 15) is 0 Å². The van der Waals surface area contributed by atoms with Crippen LogP contribution >= 0.6 is 23.2 Å². The largest absolute Gasteiger partial charge is 0.360 e. The minimum atomic E-state index is 0.444. The third-order valence-electron chi connectivity index (χ3n) is 5.73. The van der Waals surface area contributed by atoms with Crippen LogP contribution in [0.25, 0.3) is 5.57 Å². The topological polar surface area (TPSA) is 50.1 Å². The summed E-state index contributed by atoms with van der Waals surface area (Å²) in [5, 5.41) is 13.0. The highest BCUT2D eigenvalue weighted by Crippen LogP contribution is 2.45. The lowest BCUT2D eigenvalue weighted by Crippen LogP contribution is -2.36. The number of hydrogen-bond acceptors (Lipinski definition) is 4. The van der Waals surface area contributed by atoms with Crippen LogP contribution in [-0.2, 0) is 6.54 Å². The zero-order valence-electron chi connectivity index (χ0n) is 16.6. The molecule has 1 fully saturated rings. The number of allylic oxidation sites excluding steroid dienone is 4. The van der Waals surface area contributed by atoms with E-state index in [1.54, 1.807) is 0 Å². The second kappa shape index (κ2) is 9.60. The van der Waals surface area contributed by atoms with E-state index in [0.29, 0.717) is 23.0 Å². The molecule has 6 heteroatoms. The minimum Gasteiger partial charge on any atom is -0.360 e. The van der Waals surface area contributed by atoms with Gasteiger partial charge >= 0.3 is 0 Å². The molecule has 2 atom stereocenters. The Morgan fingerprint density at radius 1 is 1.22 bits per heavy atom. The van der Waals surface area contributed by atoms with Gasteiger partial charge < -0.3 is 15.2 Å². The number of hydrogen-bond donors (Lipinski definition) is 2. The summed E-state index contributed by atoms with van der Waals surface area (Å²) in [5.41, 5.74) is 2.81. The molecular weight excluding hydrogens is 381 g/mol. The predicted octanol–water partition coefficient (Wildman–Crippen LogP) is 5.67. The van der Waals surface area contributed by atoms with Gasteiger partial charge in [0, 0.05) is 45.7 Å². The van der Waals surface area contributed by atoms with E-state index in [4.69, 9.17) is 27.7 Å². The van der Waals surface area contributed by atoms with Crippen LogP contribution in [0.3, 0.4) is 0 Å². The highest BCUT2D eigenvalue weighted by Gasteiger charge is 2.34. The molecule has 0 aromatic carbocycles. The molecule has 27 heavy (non-hydrogen) atoms. The summed E-state index contributed by atoms with van der Waals surface area (Å²) in [6.07, 6.45) is 9.38. The van der Waals surface area contributed by atoms with Crippen LogP contribution in [0.5, 0.6) is 0 Å². The maximum atomic E-state index is 6.53. The standard InChI is InChI=1S/C21H31Cl2N3O/c1-4-14(24-3)11-15(5-2)25-12-16-20(26-27-21(16)13-9-10-13)19-17(22)7-6-8-18(19)23/h7,13-15,24-25H,4-6,8-12H2,1-3H3. The highest BCUT2D eigenvalue weighted by molar-refractivity contribution is 6.42. The molecule has 0 spiro atoms. The number of nitrogens with one attached hydrogen (secondary N) is 2. The van der Waals surface area contributed by atoms with Gasteiger partial charge in [-0.2, -0.15) is 0 Å². The van der Waals surface area contributed by atoms with Gasteiger partial charge in [0.2, 0.25) is 0 Å². The molecule has 1 heterocycles. The first-order chi connectivity index (χ1) is 13.1. The molecule has 0 amide bonds. The SMILES string of the molecule is CCC(CC(CC)NCc1c(C2=C(Cl)CCC=C2Cl)noc1C1CC1)NC. The molecule has 2 N–H and O–H groups in total. The predicted molar refractivity (Wildman–Crippen MR) is 113 cm³/mol. The van der Waals surface area contributed by atoms with Gasteiger partial charge in [-0.3, -0.25) is 0 Å². The zero-order chi connectivity index (χ0) is 19.4. The minimum absolute atomic E-state index is 0.444. The molecule has 1 saturated carbocycles. The lowest BCUT2D eigenvalue weighted by molar-refractivity contribution is 0.375. The fourth-order valence-corrected chi connectivity index (χ4v) is 4.41. The Morgan fingerprint density at radius 2 is 1.96 bits per heavy atom. The Balaban J connectivity index is 1.82.